The number of nitrogens with zero attached hydrogens (tertiary/aromatic N) is 1. The fourth-order valence-electron chi connectivity index (χ4n) is 2.05. The van der Waals surface area contributed by atoms with Crippen molar-refractivity contribution in [1.82, 2.24) is 4.98 Å². The molecule has 0 saturated carbocycles. The summed E-state index contributed by atoms with van der Waals surface area (Å²) in [7, 11) is 0. The van der Waals surface area contributed by atoms with Gasteiger partial charge in [0.25, 0.3) is 0 Å². The number of thiazole rings is 1. The normalized spacial score (nSPS) is 10.6. The third-order valence-electron chi connectivity index (χ3n) is 3.29. The van der Waals surface area contributed by atoms with Gasteiger partial charge in [-0.1, -0.05) is 42.0 Å². The van der Waals surface area contributed by atoms with E-state index < -0.39 is 0 Å². The van der Waals surface area contributed by atoms with E-state index in [1.54, 1.807) is 18.2 Å². The lowest BCUT2D eigenvalue weighted by Crippen LogP contribution is -2.13. The minimum absolute atomic E-state index is 0.139. The summed E-state index contributed by atoms with van der Waals surface area (Å²) in [4.78, 5) is 16.9. The molecule has 3 rings (SSSR count). The molecule has 1 amide bonds. The molecule has 0 aliphatic rings. The lowest BCUT2D eigenvalue weighted by atomic mass is 10.1. The maximum absolute atomic E-state index is 13.5. The zero-order valence-electron chi connectivity index (χ0n) is 13.0. The maximum atomic E-state index is 13.5. The van der Waals surface area contributed by atoms with E-state index in [0.29, 0.717) is 10.0 Å². The molecule has 0 bridgehead atoms. The van der Waals surface area contributed by atoms with Gasteiger partial charge in [-0.2, -0.15) is 0 Å². The number of carbonyl (C=O) groups excluding carboxylic acids is 1. The van der Waals surface area contributed by atoms with Crippen LogP contribution in [-0.2, 0) is 4.79 Å². The van der Waals surface area contributed by atoms with Crippen molar-refractivity contribution in [2.75, 3.05) is 11.1 Å². The van der Waals surface area contributed by atoms with Gasteiger partial charge in [0.15, 0.2) is 5.13 Å². The first kappa shape index (κ1) is 16.7. The van der Waals surface area contributed by atoms with Crippen LogP contribution in [0.4, 0.5) is 9.52 Å². The first-order chi connectivity index (χ1) is 11.6. The molecule has 3 aromatic rings. The van der Waals surface area contributed by atoms with Crippen molar-refractivity contribution in [2.45, 2.75) is 11.8 Å². The number of hydrogen-bond acceptors (Lipinski definition) is 4. The molecule has 2 aromatic carbocycles. The molecule has 0 radical (unpaired) electrons. The Morgan fingerprint density at radius 1 is 1.21 bits per heavy atom. The average Bonchev–Trinajstić information content (AvgIpc) is 3.03. The van der Waals surface area contributed by atoms with Gasteiger partial charge in [0.1, 0.15) is 5.82 Å². The van der Waals surface area contributed by atoms with Gasteiger partial charge in [-0.3, -0.25) is 4.79 Å². The van der Waals surface area contributed by atoms with Crippen LogP contribution in [0, 0.1) is 12.7 Å². The summed E-state index contributed by atoms with van der Waals surface area (Å²) in [5, 5.41) is 5.21. The summed E-state index contributed by atoms with van der Waals surface area (Å²) >= 11 is 2.54. The summed E-state index contributed by atoms with van der Waals surface area (Å²) in [5.41, 5.74) is 3.03. The molecule has 0 unspecified atom stereocenters. The molecule has 1 N–H and O–H groups in total. The van der Waals surface area contributed by atoms with Gasteiger partial charge < -0.3 is 5.32 Å². The van der Waals surface area contributed by atoms with Gasteiger partial charge in [-0.25, -0.2) is 9.37 Å². The molecule has 0 atom stereocenters. The SMILES string of the molecule is Cc1ccc(-c2csc(NC(=O)CSc3ccccc3F)n2)cc1. The van der Waals surface area contributed by atoms with Crippen molar-refractivity contribution in [1.29, 1.82) is 0 Å². The monoisotopic (exact) mass is 358 g/mol. The molecular weight excluding hydrogens is 343 g/mol. The van der Waals surface area contributed by atoms with E-state index in [1.807, 2.05) is 36.6 Å². The van der Waals surface area contributed by atoms with Crippen LogP contribution < -0.4 is 5.32 Å². The van der Waals surface area contributed by atoms with Crippen molar-refractivity contribution in [2.24, 2.45) is 0 Å². The van der Waals surface area contributed by atoms with Crippen LogP contribution in [0.25, 0.3) is 11.3 Å². The lowest BCUT2D eigenvalue weighted by Gasteiger charge is -2.03. The van der Waals surface area contributed by atoms with E-state index in [9.17, 15) is 9.18 Å². The molecule has 0 aliphatic heterocycles. The summed E-state index contributed by atoms with van der Waals surface area (Å²) < 4.78 is 13.5. The molecule has 1 heterocycles. The fraction of sp³-hybridized carbons (Fsp3) is 0.111. The predicted molar refractivity (Wildman–Crippen MR) is 98.0 cm³/mol. The van der Waals surface area contributed by atoms with E-state index in [-0.39, 0.29) is 17.5 Å². The zero-order valence-corrected chi connectivity index (χ0v) is 14.6. The van der Waals surface area contributed by atoms with Gasteiger partial charge in [0.05, 0.1) is 11.4 Å². The van der Waals surface area contributed by atoms with Crippen LogP contribution >= 0.6 is 23.1 Å². The first-order valence-electron chi connectivity index (χ1n) is 7.31. The molecular formula is C18H15FN2OS2. The fourth-order valence-corrected chi connectivity index (χ4v) is 3.52. The summed E-state index contributed by atoms with van der Waals surface area (Å²) in [6.07, 6.45) is 0. The highest BCUT2D eigenvalue weighted by Crippen LogP contribution is 2.26. The predicted octanol–water partition coefficient (Wildman–Crippen LogP) is 4.99. The Balaban J connectivity index is 1.59. The molecule has 24 heavy (non-hydrogen) atoms. The third kappa shape index (κ3) is 4.21. The van der Waals surface area contributed by atoms with Gasteiger partial charge in [-0.05, 0) is 19.1 Å². The third-order valence-corrected chi connectivity index (χ3v) is 5.10. The molecule has 3 nitrogen and oxygen atoms in total. The highest BCUT2D eigenvalue weighted by Gasteiger charge is 2.10. The van der Waals surface area contributed by atoms with E-state index in [0.717, 1.165) is 11.3 Å². The van der Waals surface area contributed by atoms with E-state index in [1.165, 1.54) is 34.7 Å². The second kappa shape index (κ2) is 7.59. The molecule has 0 saturated heterocycles. The van der Waals surface area contributed by atoms with Crippen LogP contribution in [0.2, 0.25) is 0 Å². The smallest absolute Gasteiger partial charge is 0.236 e. The molecule has 0 aliphatic carbocycles. The van der Waals surface area contributed by atoms with E-state index >= 15 is 0 Å². The van der Waals surface area contributed by atoms with Gasteiger partial charge in [-0.15, -0.1) is 23.1 Å². The Kier molecular flexibility index (Phi) is 5.27. The number of anilines is 1. The average molecular weight is 358 g/mol. The standard InChI is InChI=1S/C18H15FN2OS2/c1-12-6-8-13(9-7-12)15-10-24-18(20-15)21-17(22)11-23-16-5-3-2-4-14(16)19/h2-10H,11H2,1H3,(H,20,21,22). The van der Waals surface area contributed by atoms with E-state index in [4.69, 9.17) is 0 Å². The van der Waals surface area contributed by atoms with Crippen LogP contribution in [-0.4, -0.2) is 16.6 Å². The Bertz CT molecular complexity index is 846. The van der Waals surface area contributed by atoms with Crippen molar-refractivity contribution in [3.05, 3.63) is 65.3 Å². The number of aromatic nitrogens is 1. The summed E-state index contributed by atoms with van der Waals surface area (Å²) in [6.45, 7) is 2.03. The topological polar surface area (TPSA) is 42.0 Å². The van der Waals surface area contributed by atoms with Crippen LogP contribution in [0.5, 0.6) is 0 Å². The molecule has 0 spiro atoms. The highest BCUT2D eigenvalue weighted by atomic mass is 32.2. The molecule has 122 valence electrons. The highest BCUT2D eigenvalue weighted by molar-refractivity contribution is 8.00. The summed E-state index contributed by atoms with van der Waals surface area (Å²) in [5.74, 6) is -0.375. The van der Waals surface area contributed by atoms with E-state index in [2.05, 4.69) is 10.3 Å². The Morgan fingerprint density at radius 3 is 2.71 bits per heavy atom. The van der Waals surface area contributed by atoms with Crippen LogP contribution in [0.3, 0.4) is 0 Å². The number of rotatable bonds is 5. The minimum Gasteiger partial charge on any atom is -0.301 e. The van der Waals surface area contributed by atoms with Crippen molar-refractivity contribution < 1.29 is 9.18 Å². The van der Waals surface area contributed by atoms with Crippen molar-refractivity contribution >= 4 is 34.1 Å². The quantitative estimate of drug-likeness (QED) is 0.654. The van der Waals surface area contributed by atoms with Crippen molar-refractivity contribution in [3.8, 4) is 11.3 Å². The Hall–Kier alpha value is -2.18. The number of carbonyl (C=O) groups is 1. The van der Waals surface area contributed by atoms with Crippen molar-refractivity contribution in [3.63, 3.8) is 0 Å². The number of thioether (sulfide) groups is 1. The Labute approximate surface area is 148 Å². The number of amides is 1. The lowest BCUT2D eigenvalue weighted by molar-refractivity contribution is -0.113. The second-order valence-electron chi connectivity index (χ2n) is 5.17. The summed E-state index contributed by atoms with van der Waals surface area (Å²) in [6, 6.07) is 14.5. The first-order valence-corrected chi connectivity index (χ1v) is 9.18. The number of nitrogens with one attached hydrogen (secondary N) is 1. The second-order valence-corrected chi connectivity index (χ2v) is 7.05. The minimum atomic E-state index is -0.314. The van der Waals surface area contributed by atoms with Gasteiger partial charge in [0, 0.05) is 15.8 Å². The van der Waals surface area contributed by atoms with Crippen LogP contribution in [0.15, 0.2) is 58.8 Å². The zero-order chi connectivity index (χ0) is 16.9. The number of hydrogen-bond donors (Lipinski definition) is 1. The van der Waals surface area contributed by atoms with Crippen LogP contribution in [0.1, 0.15) is 5.56 Å². The number of halogens is 1. The molecule has 0 fully saturated rings. The molecule has 1 aromatic heterocycles. The number of benzene rings is 2. The largest absolute Gasteiger partial charge is 0.301 e. The van der Waals surface area contributed by atoms with Gasteiger partial charge in [0.2, 0.25) is 5.91 Å². The Morgan fingerprint density at radius 2 is 1.96 bits per heavy atom. The number of aryl methyl sites for hydroxylation is 1. The van der Waals surface area contributed by atoms with Gasteiger partial charge >= 0.3 is 0 Å². The maximum Gasteiger partial charge on any atom is 0.236 e. The molecule has 6 heteroatoms.